The molecule has 2 aliphatic rings. The maximum atomic E-state index is 12.7. The molecule has 2 aromatic carbocycles. The number of anilines is 2. The van der Waals surface area contributed by atoms with Crippen LogP contribution in [0, 0.1) is 0 Å². The van der Waals surface area contributed by atoms with Crippen LogP contribution in [0.1, 0.15) is 30.0 Å². The summed E-state index contributed by atoms with van der Waals surface area (Å²) < 4.78 is 0. The SMILES string of the molecule is CC(=O)N1CCCc2cc(NC(=O)C3Cc4ccccc4CN3)ccc21.Cl. The van der Waals surface area contributed by atoms with E-state index in [0.29, 0.717) is 13.0 Å². The average molecular weight is 386 g/mol. The summed E-state index contributed by atoms with van der Waals surface area (Å²) in [5, 5.41) is 6.35. The summed E-state index contributed by atoms with van der Waals surface area (Å²) in [5.41, 5.74) is 5.36. The number of fused-ring (bicyclic) bond motifs is 2. The first-order valence-electron chi connectivity index (χ1n) is 9.14. The highest BCUT2D eigenvalue weighted by atomic mass is 35.5. The van der Waals surface area contributed by atoms with Gasteiger partial charge in [0.2, 0.25) is 11.8 Å². The summed E-state index contributed by atoms with van der Waals surface area (Å²) in [4.78, 5) is 26.3. The minimum Gasteiger partial charge on any atom is -0.325 e. The molecule has 0 fully saturated rings. The highest BCUT2D eigenvalue weighted by Gasteiger charge is 2.25. The molecule has 0 aromatic heterocycles. The van der Waals surface area contributed by atoms with Crippen LogP contribution in [0.2, 0.25) is 0 Å². The Labute approximate surface area is 165 Å². The molecule has 2 amide bonds. The number of benzene rings is 2. The Hall–Kier alpha value is -2.37. The first-order chi connectivity index (χ1) is 12.6. The first kappa shape index (κ1) is 19.4. The number of rotatable bonds is 2. The van der Waals surface area contributed by atoms with Crippen molar-refractivity contribution in [2.45, 2.75) is 38.8 Å². The summed E-state index contributed by atoms with van der Waals surface area (Å²) in [6.45, 7) is 3.07. The van der Waals surface area contributed by atoms with Crippen molar-refractivity contribution < 1.29 is 9.59 Å². The van der Waals surface area contributed by atoms with Crippen LogP contribution in [-0.4, -0.2) is 24.4 Å². The number of hydrogen-bond donors (Lipinski definition) is 2. The second-order valence-corrected chi connectivity index (χ2v) is 7.01. The van der Waals surface area contributed by atoms with Crippen molar-refractivity contribution in [1.29, 1.82) is 0 Å². The van der Waals surface area contributed by atoms with Crippen LogP contribution in [0.5, 0.6) is 0 Å². The number of nitrogens with zero attached hydrogens (tertiary/aromatic N) is 1. The second kappa shape index (κ2) is 8.11. The van der Waals surface area contributed by atoms with Gasteiger partial charge in [-0.25, -0.2) is 0 Å². The fourth-order valence-corrected chi connectivity index (χ4v) is 3.87. The van der Waals surface area contributed by atoms with Gasteiger partial charge in [0.25, 0.3) is 0 Å². The summed E-state index contributed by atoms with van der Waals surface area (Å²) >= 11 is 0. The van der Waals surface area contributed by atoms with Gasteiger partial charge in [-0.05, 0) is 54.2 Å². The summed E-state index contributed by atoms with van der Waals surface area (Å²) in [5.74, 6) is 0.0477. The molecule has 2 aliphatic heterocycles. The largest absolute Gasteiger partial charge is 0.325 e. The van der Waals surface area contributed by atoms with E-state index in [1.54, 1.807) is 6.92 Å². The van der Waals surface area contributed by atoms with Crippen molar-refractivity contribution in [3.63, 3.8) is 0 Å². The third kappa shape index (κ3) is 3.99. The Kier molecular flexibility index (Phi) is 5.82. The Morgan fingerprint density at radius 1 is 1.11 bits per heavy atom. The van der Waals surface area contributed by atoms with E-state index in [2.05, 4.69) is 22.8 Å². The third-order valence-corrected chi connectivity index (χ3v) is 5.24. The lowest BCUT2D eigenvalue weighted by molar-refractivity contribution is -0.118. The molecule has 2 aromatic rings. The number of aryl methyl sites for hydroxylation is 1. The quantitative estimate of drug-likeness (QED) is 0.835. The third-order valence-electron chi connectivity index (χ3n) is 5.24. The number of hydrogen-bond acceptors (Lipinski definition) is 3. The molecule has 4 rings (SSSR count). The molecule has 0 aliphatic carbocycles. The molecule has 2 heterocycles. The lowest BCUT2D eigenvalue weighted by atomic mass is 9.95. The summed E-state index contributed by atoms with van der Waals surface area (Å²) in [7, 11) is 0. The Morgan fingerprint density at radius 3 is 2.67 bits per heavy atom. The van der Waals surface area contributed by atoms with E-state index in [9.17, 15) is 9.59 Å². The van der Waals surface area contributed by atoms with Crippen LogP contribution in [0.4, 0.5) is 11.4 Å². The van der Waals surface area contributed by atoms with E-state index in [-0.39, 0.29) is 30.3 Å². The molecule has 142 valence electrons. The van der Waals surface area contributed by atoms with E-state index in [1.807, 2.05) is 35.2 Å². The van der Waals surface area contributed by atoms with E-state index >= 15 is 0 Å². The van der Waals surface area contributed by atoms with Crippen LogP contribution in [0.15, 0.2) is 42.5 Å². The predicted molar refractivity (Wildman–Crippen MR) is 109 cm³/mol. The molecule has 1 unspecified atom stereocenters. The zero-order chi connectivity index (χ0) is 18.1. The molecule has 2 N–H and O–H groups in total. The van der Waals surface area contributed by atoms with Crippen LogP contribution in [0.25, 0.3) is 0 Å². The molecule has 0 saturated carbocycles. The molecule has 5 nitrogen and oxygen atoms in total. The van der Waals surface area contributed by atoms with Gasteiger partial charge in [-0.1, -0.05) is 24.3 Å². The zero-order valence-electron chi connectivity index (χ0n) is 15.3. The van der Waals surface area contributed by atoms with Crippen molar-refractivity contribution in [3.05, 3.63) is 59.2 Å². The summed E-state index contributed by atoms with van der Waals surface area (Å²) in [6.07, 6.45) is 2.58. The molecule has 0 saturated heterocycles. The van der Waals surface area contributed by atoms with Gasteiger partial charge >= 0.3 is 0 Å². The highest BCUT2D eigenvalue weighted by molar-refractivity contribution is 5.97. The zero-order valence-corrected chi connectivity index (χ0v) is 16.1. The molecule has 6 heteroatoms. The molecule has 0 spiro atoms. The van der Waals surface area contributed by atoms with Gasteiger partial charge in [-0.3, -0.25) is 9.59 Å². The molecular formula is C21H24ClN3O2. The fraction of sp³-hybridized carbons (Fsp3) is 0.333. The van der Waals surface area contributed by atoms with Crippen molar-refractivity contribution in [3.8, 4) is 0 Å². The van der Waals surface area contributed by atoms with E-state index in [4.69, 9.17) is 0 Å². The molecule has 1 atom stereocenters. The van der Waals surface area contributed by atoms with Gasteiger partial charge < -0.3 is 15.5 Å². The Balaban J connectivity index is 0.00000210. The minimum atomic E-state index is -0.227. The van der Waals surface area contributed by atoms with Crippen molar-refractivity contribution in [2.75, 3.05) is 16.8 Å². The van der Waals surface area contributed by atoms with Gasteiger partial charge in [0.15, 0.2) is 0 Å². The lowest BCUT2D eigenvalue weighted by Crippen LogP contribution is -2.44. The summed E-state index contributed by atoms with van der Waals surface area (Å²) in [6, 6.07) is 13.8. The van der Waals surface area contributed by atoms with Crippen LogP contribution in [0.3, 0.4) is 0 Å². The average Bonchev–Trinajstić information content (AvgIpc) is 2.66. The van der Waals surface area contributed by atoms with Crippen molar-refractivity contribution >= 4 is 35.6 Å². The Morgan fingerprint density at radius 2 is 1.89 bits per heavy atom. The number of nitrogens with one attached hydrogen (secondary N) is 2. The highest BCUT2D eigenvalue weighted by Crippen LogP contribution is 2.30. The lowest BCUT2D eigenvalue weighted by Gasteiger charge is -2.29. The van der Waals surface area contributed by atoms with Crippen LogP contribution in [-0.2, 0) is 29.0 Å². The topological polar surface area (TPSA) is 61.4 Å². The maximum Gasteiger partial charge on any atom is 0.241 e. The fourth-order valence-electron chi connectivity index (χ4n) is 3.87. The van der Waals surface area contributed by atoms with Gasteiger partial charge in [-0.15, -0.1) is 12.4 Å². The molecule has 27 heavy (non-hydrogen) atoms. The maximum absolute atomic E-state index is 12.7. The van der Waals surface area contributed by atoms with Crippen molar-refractivity contribution in [1.82, 2.24) is 5.32 Å². The van der Waals surface area contributed by atoms with E-state index in [1.165, 1.54) is 11.1 Å². The predicted octanol–water partition coefficient (Wildman–Crippen LogP) is 3.06. The first-order valence-corrected chi connectivity index (χ1v) is 9.14. The Bertz CT molecular complexity index is 868. The van der Waals surface area contributed by atoms with E-state index < -0.39 is 0 Å². The molecule has 0 radical (unpaired) electrons. The normalized spacial score (nSPS) is 18.0. The number of amides is 2. The van der Waals surface area contributed by atoms with Crippen molar-refractivity contribution in [2.24, 2.45) is 0 Å². The number of halogens is 1. The van der Waals surface area contributed by atoms with Crippen LogP contribution < -0.4 is 15.5 Å². The molecule has 0 bridgehead atoms. The molecular weight excluding hydrogens is 362 g/mol. The number of carbonyl (C=O) groups is 2. The standard InChI is InChI=1S/C21H23N3O2.ClH/c1-14(25)24-10-4-7-16-11-18(8-9-20(16)24)23-21(26)19-12-15-5-2-3-6-17(15)13-22-19;/h2-3,5-6,8-9,11,19,22H,4,7,10,12-13H2,1H3,(H,23,26);1H. The van der Waals surface area contributed by atoms with Crippen LogP contribution >= 0.6 is 12.4 Å². The smallest absolute Gasteiger partial charge is 0.241 e. The van der Waals surface area contributed by atoms with Gasteiger partial charge in [-0.2, -0.15) is 0 Å². The monoisotopic (exact) mass is 385 g/mol. The van der Waals surface area contributed by atoms with E-state index in [0.717, 1.165) is 36.3 Å². The number of carbonyl (C=O) groups excluding carboxylic acids is 2. The second-order valence-electron chi connectivity index (χ2n) is 7.01. The van der Waals surface area contributed by atoms with Gasteiger partial charge in [0.05, 0.1) is 6.04 Å². The van der Waals surface area contributed by atoms with Gasteiger partial charge in [0.1, 0.15) is 0 Å². The minimum absolute atomic E-state index is 0. The van der Waals surface area contributed by atoms with Gasteiger partial charge in [0, 0.05) is 31.4 Å².